The van der Waals surface area contributed by atoms with Crippen LogP contribution in [-0.4, -0.2) is 11.6 Å². The lowest BCUT2D eigenvalue weighted by molar-refractivity contribution is -0.119. The average Bonchev–Trinajstić information content (AvgIpc) is 2.15. The summed E-state index contributed by atoms with van der Waals surface area (Å²) in [6, 6.07) is 0. The van der Waals surface area contributed by atoms with Gasteiger partial charge >= 0.3 is 0 Å². The molecule has 0 bridgehead atoms. The predicted molar refractivity (Wildman–Crippen MR) is 62.8 cm³/mol. The van der Waals surface area contributed by atoms with Crippen LogP contribution in [-0.2, 0) is 9.59 Å². The van der Waals surface area contributed by atoms with Crippen molar-refractivity contribution in [2.75, 3.05) is 0 Å². The van der Waals surface area contributed by atoms with E-state index in [9.17, 15) is 9.59 Å². The Morgan fingerprint density at radius 2 is 1.47 bits per heavy atom. The molecule has 2 heteroatoms. The van der Waals surface area contributed by atoms with Gasteiger partial charge in [0.15, 0.2) is 11.6 Å². The summed E-state index contributed by atoms with van der Waals surface area (Å²) in [6.45, 7) is 5.08. The van der Waals surface area contributed by atoms with Crippen LogP contribution in [0.5, 0.6) is 0 Å². The van der Waals surface area contributed by atoms with Crippen molar-refractivity contribution in [2.24, 2.45) is 0 Å². The normalized spacial score (nSPS) is 9.80. The van der Waals surface area contributed by atoms with Gasteiger partial charge in [-0.2, -0.15) is 0 Å². The Balaban J connectivity index is 3.82. The van der Waals surface area contributed by atoms with Gasteiger partial charge in [-0.05, 0) is 26.7 Å². The molecule has 0 spiro atoms. The highest BCUT2D eigenvalue weighted by Gasteiger charge is 2.07. The number of hydrogen-bond acceptors (Lipinski definition) is 2. The van der Waals surface area contributed by atoms with Crippen LogP contribution < -0.4 is 0 Å². The molecule has 0 amide bonds. The third kappa shape index (κ3) is 7.06. The Hall–Kier alpha value is -0.920. The number of ketones is 2. The summed E-state index contributed by atoms with van der Waals surface area (Å²) >= 11 is 0. The quantitative estimate of drug-likeness (QED) is 0.266. The van der Waals surface area contributed by atoms with Gasteiger partial charge in [-0.1, -0.05) is 38.7 Å². The zero-order valence-electron chi connectivity index (χ0n) is 10.1. The summed E-state index contributed by atoms with van der Waals surface area (Å²) in [5, 5.41) is 0. The van der Waals surface area contributed by atoms with E-state index in [4.69, 9.17) is 0 Å². The van der Waals surface area contributed by atoms with E-state index in [-0.39, 0.29) is 11.6 Å². The Morgan fingerprint density at radius 1 is 0.933 bits per heavy atom. The van der Waals surface area contributed by atoms with Crippen LogP contribution in [0.25, 0.3) is 0 Å². The van der Waals surface area contributed by atoms with Gasteiger partial charge < -0.3 is 0 Å². The molecule has 0 unspecified atom stereocenters. The Kier molecular flexibility index (Phi) is 7.88. The first-order valence-corrected chi connectivity index (χ1v) is 5.81. The summed E-state index contributed by atoms with van der Waals surface area (Å²) in [5.41, 5.74) is 0.366. The molecular weight excluding hydrogens is 188 g/mol. The number of rotatable bonds is 8. The van der Waals surface area contributed by atoms with Gasteiger partial charge in [-0.25, -0.2) is 0 Å². The van der Waals surface area contributed by atoms with Gasteiger partial charge in [-0.15, -0.1) is 0 Å². The highest BCUT2D eigenvalue weighted by atomic mass is 16.1. The van der Waals surface area contributed by atoms with E-state index in [2.05, 4.69) is 6.92 Å². The lowest BCUT2D eigenvalue weighted by atomic mass is 10.0. The number of allylic oxidation sites excluding steroid dienone is 2. The monoisotopic (exact) mass is 210 g/mol. The maximum Gasteiger partial charge on any atom is 0.163 e. The molecule has 0 aromatic carbocycles. The Labute approximate surface area is 92.8 Å². The molecule has 0 heterocycles. The SMILES string of the molecule is CCCCCCCC=C(C(C)=O)C(C)=O. The summed E-state index contributed by atoms with van der Waals surface area (Å²) in [6.07, 6.45) is 8.66. The molecule has 15 heavy (non-hydrogen) atoms. The second-order valence-corrected chi connectivity index (χ2v) is 3.93. The third-order valence-corrected chi connectivity index (χ3v) is 2.41. The zero-order chi connectivity index (χ0) is 11.7. The van der Waals surface area contributed by atoms with Gasteiger partial charge in [-0.3, -0.25) is 9.59 Å². The first-order valence-electron chi connectivity index (χ1n) is 5.81. The van der Waals surface area contributed by atoms with E-state index in [1.165, 1.54) is 39.5 Å². The standard InChI is InChI=1S/C13H22O2/c1-4-5-6-7-8-9-10-13(11(2)14)12(3)15/h10H,4-9H2,1-3H3. The summed E-state index contributed by atoms with van der Waals surface area (Å²) in [5.74, 6) is -0.230. The van der Waals surface area contributed by atoms with Crippen LogP contribution in [0.3, 0.4) is 0 Å². The highest BCUT2D eigenvalue weighted by Crippen LogP contribution is 2.08. The average molecular weight is 210 g/mol. The van der Waals surface area contributed by atoms with Crippen molar-refractivity contribution >= 4 is 11.6 Å². The van der Waals surface area contributed by atoms with Gasteiger partial charge in [0, 0.05) is 0 Å². The minimum Gasteiger partial charge on any atom is -0.294 e. The molecule has 0 aliphatic rings. The Morgan fingerprint density at radius 3 is 1.93 bits per heavy atom. The minimum absolute atomic E-state index is 0.115. The van der Waals surface area contributed by atoms with E-state index in [1.54, 1.807) is 6.08 Å². The molecule has 0 rings (SSSR count). The fourth-order valence-electron chi connectivity index (χ4n) is 1.53. The largest absolute Gasteiger partial charge is 0.294 e. The molecule has 0 saturated carbocycles. The molecular formula is C13H22O2. The van der Waals surface area contributed by atoms with Crippen molar-refractivity contribution in [3.05, 3.63) is 11.6 Å². The summed E-state index contributed by atoms with van der Waals surface area (Å²) in [7, 11) is 0. The molecule has 0 aromatic heterocycles. The van der Waals surface area contributed by atoms with E-state index in [0.29, 0.717) is 5.57 Å². The maximum absolute atomic E-state index is 11.1. The molecule has 86 valence electrons. The zero-order valence-corrected chi connectivity index (χ0v) is 10.1. The number of hydrogen-bond donors (Lipinski definition) is 0. The Bertz CT molecular complexity index is 223. The molecule has 0 radical (unpaired) electrons. The fraction of sp³-hybridized carbons (Fsp3) is 0.692. The second-order valence-electron chi connectivity index (χ2n) is 3.93. The van der Waals surface area contributed by atoms with Crippen molar-refractivity contribution < 1.29 is 9.59 Å². The van der Waals surface area contributed by atoms with Crippen LogP contribution in [0.15, 0.2) is 11.6 Å². The molecule has 2 nitrogen and oxygen atoms in total. The molecule has 0 aromatic rings. The third-order valence-electron chi connectivity index (χ3n) is 2.41. The number of unbranched alkanes of at least 4 members (excludes halogenated alkanes) is 5. The van der Waals surface area contributed by atoms with E-state index in [1.807, 2.05) is 0 Å². The summed E-state index contributed by atoms with van der Waals surface area (Å²) in [4.78, 5) is 22.1. The highest BCUT2D eigenvalue weighted by molar-refractivity contribution is 6.18. The number of carbonyl (C=O) groups excluding carboxylic acids is 2. The second kappa shape index (κ2) is 8.39. The summed E-state index contributed by atoms with van der Waals surface area (Å²) < 4.78 is 0. The molecule has 0 saturated heterocycles. The van der Waals surface area contributed by atoms with Gasteiger partial charge in [0.1, 0.15) is 0 Å². The van der Waals surface area contributed by atoms with Crippen LogP contribution in [0.2, 0.25) is 0 Å². The number of carbonyl (C=O) groups is 2. The van der Waals surface area contributed by atoms with E-state index >= 15 is 0 Å². The van der Waals surface area contributed by atoms with E-state index in [0.717, 1.165) is 12.8 Å². The van der Waals surface area contributed by atoms with Crippen LogP contribution in [0, 0.1) is 0 Å². The first-order chi connectivity index (χ1) is 7.09. The lowest BCUT2D eigenvalue weighted by Crippen LogP contribution is -2.05. The van der Waals surface area contributed by atoms with Crippen molar-refractivity contribution in [1.82, 2.24) is 0 Å². The molecule has 0 atom stereocenters. The smallest absolute Gasteiger partial charge is 0.163 e. The minimum atomic E-state index is -0.115. The van der Waals surface area contributed by atoms with Gasteiger partial charge in [0.05, 0.1) is 5.57 Å². The maximum atomic E-state index is 11.1. The molecule has 0 fully saturated rings. The molecule has 0 N–H and O–H groups in total. The fourth-order valence-corrected chi connectivity index (χ4v) is 1.53. The van der Waals surface area contributed by atoms with Crippen LogP contribution in [0.1, 0.15) is 59.3 Å². The predicted octanol–water partition coefficient (Wildman–Crippen LogP) is 3.45. The van der Waals surface area contributed by atoms with Crippen molar-refractivity contribution in [3.63, 3.8) is 0 Å². The van der Waals surface area contributed by atoms with Gasteiger partial charge in [0.2, 0.25) is 0 Å². The topological polar surface area (TPSA) is 34.1 Å². The van der Waals surface area contributed by atoms with Crippen molar-refractivity contribution in [3.8, 4) is 0 Å². The number of Topliss-reactive ketones (excluding diaryl/α,β-unsaturated/α-hetero) is 2. The molecule has 0 aliphatic carbocycles. The van der Waals surface area contributed by atoms with Crippen molar-refractivity contribution in [2.45, 2.75) is 59.3 Å². The lowest BCUT2D eigenvalue weighted by Gasteiger charge is -1.99. The first kappa shape index (κ1) is 14.1. The van der Waals surface area contributed by atoms with Crippen LogP contribution >= 0.6 is 0 Å². The van der Waals surface area contributed by atoms with Crippen LogP contribution in [0.4, 0.5) is 0 Å². The van der Waals surface area contributed by atoms with Crippen molar-refractivity contribution in [1.29, 1.82) is 0 Å². The molecule has 0 aliphatic heterocycles. The van der Waals surface area contributed by atoms with Gasteiger partial charge in [0.25, 0.3) is 0 Å². The van der Waals surface area contributed by atoms with E-state index < -0.39 is 0 Å².